The Morgan fingerprint density at radius 2 is 2.21 bits per heavy atom. The van der Waals surface area contributed by atoms with Crippen LogP contribution in [0.15, 0.2) is 40.9 Å². The van der Waals surface area contributed by atoms with Crippen molar-refractivity contribution in [1.82, 2.24) is 9.97 Å². The second-order valence-electron chi connectivity index (χ2n) is 4.06. The molecular formula is C14H12ClN3O. The average molecular weight is 274 g/mol. The number of hydrogen-bond acceptors (Lipinski definition) is 4. The number of halogens is 1. The first-order chi connectivity index (χ1) is 9.28. The molecule has 0 bridgehead atoms. The van der Waals surface area contributed by atoms with Gasteiger partial charge in [0.05, 0.1) is 5.02 Å². The summed E-state index contributed by atoms with van der Waals surface area (Å²) < 4.78 is 5.77. The van der Waals surface area contributed by atoms with Crippen molar-refractivity contribution in [2.24, 2.45) is 0 Å². The van der Waals surface area contributed by atoms with Crippen LogP contribution in [0.2, 0.25) is 5.02 Å². The van der Waals surface area contributed by atoms with Crippen molar-refractivity contribution in [2.45, 2.75) is 6.92 Å². The van der Waals surface area contributed by atoms with E-state index >= 15 is 0 Å². The van der Waals surface area contributed by atoms with Crippen LogP contribution in [0.25, 0.3) is 22.4 Å². The third-order valence-electron chi connectivity index (χ3n) is 2.74. The van der Waals surface area contributed by atoms with Crippen molar-refractivity contribution in [1.29, 1.82) is 0 Å². The first kappa shape index (κ1) is 12.0. The number of nitrogens with zero attached hydrogens (tertiary/aromatic N) is 2. The zero-order chi connectivity index (χ0) is 13.2. The van der Waals surface area contributed by atoms with Crippen LogP contribution >= 0.6 is 11.6 Å². The van der Waals surface area contributed by atoms with Crippen molar-refractivity contribution in [3.8, 4) is 11.5 Å². The van der Waals surface area contributed by atoms with E-state index < -0.39 is 0 Å². The van der Waals surface area contributed by atoms with Gasteiger partial charge >= 0.3 is 0 Å². The summed E-state index contributed by atoms with van der Waals surface area (Å²) in [6.45, 7) is 2.77. The Morgan fingerprint density at radius 1 is 1.32 bits per heavy atom. The molecule has 0 aliphatic carbocycles. The maximum Gasteiger partial charge on any atom is 0.223 e. The van der Waals surface area contributed by atoms with Crippen molar-refractivity contribution < 1.29 is 4.42 Å². The maximum atomic E-state index is 6.10. The molecule has 0 aliphatic rings. The average Bonchev–Trinajstić information content (AvgIpc) is 2.85. The molecule has 19 heavy (non-hydrogen) atoms. The lowest BCUT2D eigenvalue weighted by Crippen LogP contribution is -2.01. The molecule has 3 aromatic rings. The van der Waals surface area contributed by atoms with Gasteiger partial charge in [-0.15, -0.1) is 0 Å². The third-order valence-corrected chi connectivity index (χ3v) is 3.04. The molecule has 2 aromatic heterocycles. The lowest BCUT2D eigenvalue weighted by molar-refractivity contribution is 0.628. The second-order valence-corrected chi connectivity index (χ2v) is 4.47. The first-order valence-electron chi connectivity index (χ1n) is 6.03. The zero-order valence-electron chi connectivity index (χ0n) is 10.4. The van der Waals surface area contributed by atoms with E-state index in [2.05, 4.69) is 15.3 Å². The van der Waals surface area contributed by atoms with Crippen LogP contribution in [0.1, 0.15) is 6.92 Å². The monoisotopic (exact) mass is 273 g/mol. The number of para-hydroxylation sites is 1. The highest BCUT2D eigenvalue weighted by molar-refractivity contribution is 6.34. The van der Waals surface area contributed by atoms with Gasteiger partial charge in [0.15, 0.2) is 11.3 Å². The summed E-state index contributed by atoms with van der Waals surface area (Å²) in [6.07, 6.45) is 1.70. The van der Waals surface area contributed by atoms with E-state index in [-0.39, 0.29) is 0 Å². The predicted octanol–water partition coefficient (Wildman–Crippen LogP) is 3.98. The van der Waals surface area contributed by atoms with Gasteiger partial charge in [0.1, 0.15) is 5.69 Å². The number of furan rings is 1. The third kappa shape index (κ3) is 2.27. The molecule has 3 rings (SSSR count). The van der Waals surface area contributed by atoms with Crippen LogP contribution in [0.4, 0.5) is 5.95 Å². The van der Waals surface area contributed by atoms with Crippen LogP contribution < -0.4 is 5.32 Å². The Bertz CT molecular complexity index is 724. The molecule has 96 valence electrons. The first-order valence-corrected chi connectivity index (χ1v) is 6.41. The van der Waals surface area contributed by atoms with E-state index in [1.165, 1.54) is 0 Å². The van der Waals surface area contributed by atoms with Crippen LogP contribution in [0.3, 0.4) is 0 Å². The number of benzene rings is 1. The summed E-state index contributed by atoms with van der Waals surface area (Å²) in [5, 5.41) is 4.64. The van der Waals surface area contributed by atoms with Gasteiger partial charge < -0.3 is 9.73 Å². The highest BCUT2D eigenvalue weighted by atomic mass is 35.5. The quantitative estimate of drug-likeness (QED) is 0.784. The number of aromatic nitrogens is 2. The number of nitrogens with one attached hydrogen (secondary N) is 1. The lowest BCUT2D eigenvalue weighted by Gasteiger charge is -2.01. The molecule has 4 nitrogen and oxygen atoms in total. The van der Waals surface area contributed by atoms with Crippen molar-refractivity contribution in [3.05, 3.63) is 41.6 Å². The molecular weight excluding hydrogens is 262 g/mol. The maximum absolute atomic E-state index is 6.10. The molecule has 1 N–H and O–H groups in total. The van der Waals surface area contributed by atoms with Gasteiger partial charge in [-0.05, 0) is 25.1 Å². The molecule has 5 heteroatoms. The lowest BCUT2D eigenvalue weighted by atomic mass is 10.2. The second kappa shape index (κ2) is 4.90. The minimum atomic E-state index is 0.589. The van der Waals surface area contributed by atoms with E-state index in [1.54, 1.807) is 12.3 Å². The molecule has 0 aliphatic heterocycles. The van der Waals surface area contributed by atoms with E-state index in [0.717, 1.165) is 17.6 Å². The topological polar surface area (TPSA) is 51.0 Å². The molecule has 0 amide bonds. The molecule has 0 saturated carbocycles. The smallest absolute Gasteiger partial charge is 0.223 e. The Morgan fingerprint density at radius 3 is 3.00 bits per heavy atom. The van der Waals surface area contributed by atoms with E-state index in [1.807, 2.05) is 31.2 Å². The molecule has 0 fully saturated rings. The highest BCUT2D eigenvalue weighted by Gasteiger charge is 2.10. The molecule has 0 saturated heterocycles. The normalized spacial score (nSPS) is 10.8. The fraction of sp³-hybridized carbons (Fsp3) is 0.143. The fourth-order valence-electron chi connectivity index (χ4n) is 1.89. The standard InChI is InChI=1S/C14H12ClN3O/c1-2-16-14-17-7-6-11(18-14)12-8-9-4-3-5-10(15)13(9)19-12/h3-8H,2H2,1H3,(H,16,17,18). The molecule has 0 atom stereocenters. The summed E-state index contributed by atoms with van der Waals surface area (Å²) in [4.78, 5) is 8.53. The van der Waals surface area contributed by atoms with Gasteiger partial charge in [-0.25, -0.2) is 9.97 Å². The summed E-state index contributed by atoms with van der Waals surface area (Å²) >= 11 is 6.10. The van der Waals surface area contributed by atoms with Gasteiger partial charge in [0, 0.05) is 18.1 Å². The summed E-state index contributed by atoms with van der Waals surface area (Å²) in [5.41, 5.74) is 1.42. The number of fused-ring (bicyclic) bond motifs is 1. The Kier molecular flexibility index (Phi) is 3.09. The Balaban J connectivity index is 2.08. The summed E-state index contributed by atoms with van der Waals surface area (Å²) in [6, 6.07) is 9.40. The van der Waals surface area contributed by atoms with E-state index in [9.17, 15) is 0 Å². The summed E-state index contributed by atoms with van der Waals surface area (Å²) in [5.74, 6) is 1.27. The highest BCUT2D eigenvalue weighted by Crippen LogP contribution is 2.31. The van der Waals surface area contributed by atoms with Crippen LogP contribution in [-0.4, -0.2) is 16.5 Å². The molecule has 1 aromatic carbocycles. The van der Waals surface area contributed by atoms with Crippen molar-refractivity contribution in [2.75, 3.05) is 11.9 Å². The molecule has 2 heterocycles. The predicted molar refractivity (Wildman–Crippen MR) is 76.4 cm³/mol. The zero-order valence-corrected chi connectivity index (χ0v) is 11.1. The molecule has 0 radical (unpaired) electrons. The van der Waals surface area contributed by atoms with Crippen LogP contribution in [-0.2, 0) is 0 Å². The molecule has 0 spiro atoms. The van der Waals surface area contributed by atoms with Crippen LogP contribution in [0.5, 0.6) is 0 Å². The minimum absolute atomic E-state index is 0.589. The van der Waals surface area contributed by atoms with Gasteiger partial charge in [-0.1, -0.05) is 23.7 Å². The fourth-order valence-corrected chi connectivity index (χ4v) is 2.11. The van der Waals surface area contributed by atoms with Crippen molar-refractivity contribution in [3.63, 3.8) is 0 Å². The summed E-state index contributed by atoms with van der Waals surface area (Å²) in [7, 11) is 0. The van der Waals surface area contributed by atoms with Crippen molar-refractivity contribution >= 4 is 28.5 Å². The Labute approximate surface area is 115 Å². The minimum Gasteiger partial charge on any atom is -0.453 e. The molecule has 0 unspecified atom stereocenters. The van der Waals surface area contributed by atoms with Gasteiger partial charge in [-0.2, -0.15) is 0 Å². The van der Waals surface area contributed by atoms with Gasteiger partial charge in [-0.3, -0.25) is 0 Å². The van der Waals surface area contributed by atoms with E-state index in [0.29, 0.717) is 22.3 Å². The van der Waals surface area contributed by atoms with Gasteiger partial charge in [0.25, 0.3) is 0 Å². The number of hydrogen-bond donors (Lipinski definition) is 1. The number of anilines is 1. The SMILES string of the molecule is CCNc1nccc(-c2cc3cccc(Cl)c3o2)n1. The van der Waals surface area contributed by atoms with Gasteiger partial charge in [0.2, 0.25) is 5.95 Å². The largest absolute Gasteiger partial charge is 0.453 e. The van der Waals surface area contributed by atoms with Crippen LogP contribution in [0, 0.1) is 0 Å². The number of rotatable bonds is 3. The van der Waals surface area contributed by atoms with E-state index in [4.69, 9.17) is 16.0 Å². The Hall–Kier alpha value is -2.07.